The van der Waals surface area contributed by atoms with Gasteiger partial charge in [-0.05, 0) is 50.3 Å². The number of pyridine rings is 2. The van der Waals surface area contributed by atoms with Crippen molar-refractivity contribution in [3.05, 3.63) is 30.4 Å². The molecule has 1 aliphatic carbocycles. The second-order valence-electron chi connectivity index (χ2n) is 6.38. The molecular weight excluding hydrogens is 288 g/mol. The van der Waals surface area contributed by atoms with Gasteiger partial charge in [0.15, 0.2) is 0 Å². The summed E-state index contributed by atoms with van der Waals surface area (Å²) in [4.78, 5) is 13.7. The van der Waals surface area contributed by atoms with Gasteiger partial charge in [-0.25, -0.2) is 4.98 Å². The minimum absolute atomic E-state index is 0.425. The molecular formula is C17H22N6. The number of fused-ring (bicyclic) bond motifs is 3. The number of rotatable bonds is 3. The summed E-state index contributed by atoms with van der Waals surface area (Å²) in [6.45, 7) is 1.22. The number of nitrogens with zero attached hydrogens (tertiary/aromatic N) is 4. The largest absolute Gasteiger partial charge is 0.330 e. The molecule has 0 spiro atoms. The highest BCUT2D eigenvalue weighted by molar-refractivity contribution is 5.99. The average molecular weight is 310 g/mol. The van der Waals surface area contributed by atoms with Crippen molar-refractivity contribution in [3.63, 3.8) is 0 Å². The van der Waals surface area contributed by atoms with Crippen LogP contribution in [0.25, 0.3) is 22.1 Å². The maximum atomic E-state index is 5.97. The van der Waals surface area contributed by atoms with Gasteiger partial charge in [0.25, 0.3) is 0 Å². The van der Waals surface area contributed by atoms with Gasteiger partial charge in [0.1, 0.15) is 16.9 Å². The van der Waals surface area contributed by atoms with Crippen molar-refractivity contribution in [2.75, 3.05) is 6.54 Å². The molecule has 3 heterocycles. The van der Waals surface area contributed by atoms with Gasteiger partial charge >= 0.3 is 0 Å². The van der Waals surface area contributed by atoms with E-state index < -0.39 is 0 Å². The van der Waals surface area contributed by atoms with Crippen molar-refractivity contribution < 1.29 is 0 Å². The highest BCUT2D eigenvalue weighted by Crippen LogP contribution is 2.36. The highest BCUT2D eigenvalue weighted by atomic mass is 15.1. The van der Waals surface area contributed by atoms with Crippen molar-refractivity contribution in [3.8, 4) is 0 Å². The summed E-state index contributed by atoms with van der Waals surface area (Å²) in [7, 11) is 0. The lowest BCUT2D eigenvalue weighted by Gasteiger charge is -2.30. The molecule has 1 fully saturated rings. The first kappa shape index (κ1) is 14.5. The molecule has 4 rings (SSSR count). The van der Waals surface area contributed by atoms with E-state index in [1.807, 2.05) is 24.5 Å². The lowest BCUT2D eigenvalue weighted by molar-refractivity contribution is 0.280. The Bertz CT molecular complexity index is 832. The van der Waals surface area contributed by atoms with E-state index in [2.05, 4.69) is 14.5 Å². The van der Waals surface area contributed by atoms with Gasteiger partial charge in [-0.3, -0.25) is 9.97 Å². The van der Waals surface area contributed by atoms with Crippen LogP contribution in [-0.2, 0) is 6.54 Å². The number of hydrogen-bond donors (Lipinski definition) is 2. The van der Waals surface area contributed by atoms with Crippen molar-refractivity contribution in [2.45, 2.75) is 38.3 Å². The number of imidazole rings is 1. The maximum Gasteiger partial charge on any atom is 0.124 e. The van der Waals surface area contributed by atoms with Crippen molar-refractivity contribution in [1.82, 2.24) is 19.5 Å². The second-order valence-corrected chi connectivity index (χ2v) is 6.38. The van der Waals surface area contributed by atoms with Crippen molar-refractivity contribution in [1.29, 1.82) is 0 Å². The highest BCUT2D eigenvalue weighted by Gasteiger charge is 2.26. The van der Waals surface area contributed by atoms with Gasteiger partial charge in [0, 0.05) is 12.2 Å². The van der Waals surface area contributed by atoms with Crippen LogP contribution in [0.1, 0.15) is 37.5 Å². The third-order valence-electron chi connectivity index (χ3n) is 5.05. The van der Waals surface area contributed by atoms with Gasteiger partial charge in [-0.2, -0.15) is 0 Å². The van der Waals surface area contributed by atoms with Crippen molar-refractivity contribution >= 4 is 22.1 Å². The van der Waals surface area contributed by atoms with Crippen LogP contribution in [0.15, 0.2) is 24.5 Å². The first-order valence-corrected chi connectivity index (χ1v) is 8.32. The summed E-state index contributed by atoms with van der Waals surface area (Å²) >= 11 is 0. The molecule has 0 bridgehead atoms. The minimum Gasteiger partial charge on any atom is -0.330 e. The zero-order valence-corrected chi connectivity index (χ0v) is 13.2. The first-order chi connectivity index (χ1) is 11.3. The minimum atomic E-state index is 0.425. The van der Waals surface area contributed by atoms with Crippen LogP contribution in [-0.4, -0.2) is 26.1 Å². The molecule has 1 saturated carbocycles. The Morgan fingerprint density at radius 1 is 1.09 bits per heavy atom. The molecule has 1 aliphatic rings. The predicted molar refractivity (Wildman–Crippen MR) is 90.8 cm³/mol. The van der Waals surface area contributed by atoms with E-state index in [4.69, 9.17) is 16.5 Å². The third kappa shape index (κ3) is 2.38. The third-order valence-corrected chi connectivity index (χ3v) is 5.05. The monoisotopic (exact) mass is 310 g/mol. The molecule has 0 atom stereocenters. The van der Waals surface area contributed by atoms with Gasteiger partial charge in [0.2, 0.25) is 0 Å². The van der Waals surface area contributed by atoms with E-state index in [0.29, 0.717) is 18.5 Å². The van der Waals surface area contributed by atoms with E-state index in [0.717, 1.165) is 47.3 Å². The summed E-state index contributed by atoms with van der Waals surface area (Å²) in [6.07, 6.45) is 8.23. The topological polar surface area (TPSA) is 95.6 Å². The molecule has 6 heteroatoms. The Morgan fingerprint density at radius 2 is 1.91 bits per heavy atom. The fourth-order valence-electron chi connectivity index (χ4n) is 3.81. The van der Waals surface area contributed by atoms with Crippen molar-refractivity contribution in [2.24, 2.45) is 17.4 Å². The van der Waals surface area contributed by atoms with Gasteiger partial charge in [0.05, 0.1) is 23.8 Å². The molecule has 0 aromatic carbocycles. The molecule has 0 saturated heterocycles. The first-order valence-electron chi connectivity index (χ1n) is 8.32. The lowest BCUT2D eigenvalue weighted by Crippen LogP contribution is -2.24. The predicted octanol–water partition coefficient (Wildman–Crippen LogP) is 2.13. The Balaban J connectivity index is 1.88. The second kappa shape index (κ2) is 5.86. The van der Waals surface area contributed by atoms with Crippen LogP contribution >= 0.6 is 0 Å². The number of aromatic nitrogens is 4. The molecule has 120 valence electrons. The standard InChI is InChI=1S/C17H22N6/c18-8-11-3-5-12(6-4-11)23-15(9-19)22-14-10-21-13-2-1-7-20-16(13)17(14)23/h1-2,7,10-12H,3-6,8-9,18-19H2. The van der Waals surface area contributed by atoms with E-state index in [-0.39, 0.29) is 0 Å². The van der Waals surface area contributed by atoms with Crippen LogP contribution < -0.4 is 11.5 Å². The molecule has 4 N–H and O–H groups in total. The van der Waals surface area contributed by atoms with Gasteiger partial charge < -0.3 is 16.0 Å². The normalized spacial score (nSPS) is 22.0. The quantitative estimate of drug-likeness (QED) is 0.772. The number of nitrogens with two attached hydrogens (primary N) is 2. The summed E-state index contributed by atoms with van der Waals surface area (Å²) in [5.41, 5.74) is 15.6. The molecule has 0 unspecified atom stereocenters. The number of hydrogen-bond acceptors (Lipinski definition) is 5. The molecule has 6 nitrogen and oxygen atoms in total. The summed E-state index contributed by atoms with van der Waals surface area (Å²) < 4.78 is 2.32. The lowest BCUT2D eigenvalue weighted by atomic mass is 9.86. The molecule has 0 amide bonds. The Hall–Kier alpha value is -2.05. The van der Waals surface area contributed by atoms with Crippen LogP contribution in [0.2, 0.25) is 0 Å². The summed E-state index contributed by atoms with van der Waals surface area (Å²) in [5.74, 6) is 1.58. The van der Waals surface area contributed by atoms with Gasteiger partial charge in [-0.15, -0.1) is 0 Å². The van der Waals surface area contributed by atoms with E-state index in [1.165, 1.54) is 12.8 Å². The molecule has 23 heavy (non-hydrogen) atoms. The van der Waals surface area contributed by atoms with E-state index in [9.17, 15) is 0 Å². The average Bonchev–Trinajstić information content (AvgIpc) is 3.01. The van der Waals surface area contributed by atoms with Crippen LogP contribution in [0.3, 0.4) is 0 Å². The fraction of sp³-hybridized carbons (Fsp3) is 0.471. The van der Waals surface area contributed by atoms with Crippen LogP contribution in [0.4, 0.5) is 0 Å². The SMILES string of the molecule is NCc1nc2cnc3cccnc3c2n1C1CCC(CN)CC1. The Kier molecular flexibility index (Phi) is 3.71. The van der Waals surface area contributed by atoms with E-state index in [1.54, 1.807) is 0 Å². The smallest absolute Gasteiger partial charge is 0.124 e. The molecule has 3 aromatic heterocycles. The molecule has 0 radical (unpaired) electrons. The zero-order chi connectivity index (χ0) is 15.8. The zero-order valence-electron chi connectivity index (χ0n) is 13.2. The molecule has 3 aromatic rings. The molecule has 0 aliphatic heterocycles. The maximum absolute atomic E-state index is 5.97. The van der Waals surface area contributed by atoms with E-state index >= 15 is 0 Å². The van der Waals surface area contributed by atoms with Gasteiger partial charge in [-0.1, -0.05) is 0 Å². The Labute approximate surface area is 134 Å². The summed E-state index contributed by atoms with van der Waals surface area (Å²) in [5, 5.41) is 0. The van der Waals surface area contributed by atoms with Crippen LogP contribution in [0.5, 0.6) is 0 Å². The summed E-state index contributed by atoms with van der Waals surface area (Å²) in [6, 6.07) is 4.33. The van der Waals surface area contributed by atoms with Crippen LogP contribution in [0, 0.1) is 5.92 Å². The Morgan fingerprint density at radius 3 is 2.65 bits per heavy atom. The fourth-order valence-corrected chi connectivity index (χ4v) is 3.81.